The van der Waals surface area contributed by atoms with E-state index in [1.807, 2.05) is 6.07 Å². The Kier molecular flexibility index (Phi) is 4.52. The summed E-state index contributed by atoms with van der Waals surface area (Å²) in [6.45, 7) is 6.74. The SMILES string of the molecule is Cc1ccc2cc(C)n(-c3nc4c(c(NCc5ccccc5)n3)CNCC4)c2c1. The highest BCUT2D eigenvalue weighted by atomic mass is 15.2. The zero-order valence-electron chi connectivity index (χ0n) is 16.9. The van der Waals surface area contributed by atoms with E-state index in [4.69, 9.17) is 9.97 Å². The van der Waals surface area contributed by atoms with E-state index in [-0.39, 0.29) is 0 Å². The lowest BCUT2D eigenvalue weighted by Gasteiger charge is -2.21. The molecule has 29 heavy (non-hydrogen) atoms. The third kappa shape index (κ3) is 3.38. The van der Waals surface area contributed by atoms with Crippen LogP contribution in [-0.2, 0) is 19.5 Å². The van der Waals surface area contributed by atoms with Gasteiger partial charge in [-0.05, 0) is 37.1 Å². The number of anilines is 1. The molecule has 2 aromatic carbocycles. The van der Waals surface area contributed by atoms with E-state index >= 15 is 0 Å². The fraction of sp³-hybridized carbons (Fsp3) is 0.250. The van der Waals surface area contributed by atoms with Crippen molar-refractivity contribution in [1.29, 1.82) is 0 Å². The summed E-state index contributed by atoms with van der Waals surface area (Å²) in [6, 6.07) is 19.2. The van der Waals surface area contributed by atoms with Gasteiger partial charge in [0.15, 0.2) is 0 Å². The highest BCUT2D eigenvalue weighted by molar-refractivity contribution is 5.83. The second kappa shape index (κ2) is 7.33. The van der Waals surface area contributed by atoms with Crippen molar-refractivity contribution in [1.82, 2.24) is 19.9 Å². The predicted molar refractivity (Wildman–Crippen MR) is 118 cm³/mol. The lowest BCUT2D eigenvalue weighted by molar-refractivity contribution is 0.624. The number of hydrogen-bond donors (Lipinski definition) is 2. The van der Waals surface area contributed by atoms with Crippen LogP contribution in [0.3, 0.4) is 0 Å². The van der Waals surface area contributed by atoms with Crippen molar-refractivity contribution in [2.24, 2.45) is 0 Å². The first-order valence-corrected chi connectivity index (χ1v) is 10.2. The Hall–Kier alpha value is -3.18. The van der Waals surface area contributed by atoms with Gasteiger partial charge in [0.05, 0.1) is 11.2 Å². The Morgan fingerprint density at radius 3 is 2.76 bits per heavy atom. The fourth-order valence-corrected chi connectivity index (χ4v) is 4.07. The summed E-state index contributed by atoms with van der Waals surface area (Å²) >= 11 is 0. The third-order valence-corrected chi connectivity index (χ3v) is 5.57. The Labute approximate surface area is 170 Å². The average Bonchev–Trinajstić information content (AvgIpc) is 3.07. The number of nitrogens with zero attached hydrogens (tertiary/aromatic N) is 3. The second-order valence-electron chi connectivity index (χ2n) is 7.75. The molecule has 0 atom stereocenters. The molecule has 5 heteroatoms. The summed E-state index contributed by atoms with van der Waals surface area (Å²) in [5.74, 6) is 1.68. The zero-order valence-corrected chi connectivity index (χ0v) is 16.9. The third-order valence-electron chi connectivity index (χ3n) is 5.57. The number of aryl methyl sites for hydroxylation is 2. The highest BCUT2D eigenvalue weighted by Crippen LogP contribution is 2.27. The van der Waals surface area contributed by atoms with Crippen LogP contribution in [0.15, 0.2) is 54.6 Å². The van der Waals surface area contributed by atoms with Crippen molar-refractivity contribution in [3.8, 4) is 5.95 Å². The summed E-state index contributed by atoms with van der Waals surface area (Å²) in [7, 11) is 0. The quantitative estimate of drug-likeness (QED) is 0.552. The minimum atomic E-state index is 0.744. The van der Waals surface area contributed by atoms with Crippen molar-refractivity contribution >= 4 is 16.7 Å². The van der Waals surface area contributed by atoms with Crippen LogP contribution in [0.25, 0.3) is 16.9 Å². The van der Waals surface area contributed by atoms with Crippen LogP contribution in [-0.4, -0.2) is 21.1 Å². The molecule has 0 unspecified atom stereocenters. The molecule has 2 aromatic heterocycles. The van der Waals surface area contributed by atoms with Gasteiger partial charge in [-0.15, -0.1) is 0 Å². The average molecular weight is 383 g/mol. The van der Waals surface area contributed by atoms with Crippen LogP contribution in [0, 0.1) is 13.8 Å². The number of nitrogens with one attached hydrogen (secondary N) is 2. The standard InChI is InChI=1S/C24H25N5/c1-16-8-9-19-13-17(2)29(22(19)12-16)24-27-21-10-11-25-15-20(21)23(28-24)26-14-18-6-4-3-5-7-18/h3-9,12-13,25H,10-11,14-15H2,1-2H3,(H,26,27,28). The van der Waals surface area contributed by atoms with Crippen molar-refractivity contribution in [3.63, 3.8) is 0 Å². The van der Waals surface area contributed by atoms with Gasteiger partial charge >= 0.3 is 0 Å². The minimum Gasteiger partial charge on any atom is -0.366 e. The first kappa shape index (κ1) is 17.9. The summed E-state index contributed by atoms with van der Waals surface area (Å²) in [6.07, 6.45) is 0.919. The maximum absolute atomic E-state index is 4.98. The molecule has 0 saturated heterocycles. The number of fused-ring (bicyclic) bond motifs is 2. The number of rotatable bonds is 4. The van der Waals surface area contributed by atoms with Crippen LogP contribution < -0.4 is 10.6 Å². The highest BCUT2D eigenvalue weighted by Gasteiger charge is 2.20. The van der Waals surface area contributed by atoms with E-state index in [1.54, 1.807) is 0 Å². The summed E-state index contributed by atoms with van der Waals surface area (Å²) in [5.41, 5.74) is 7.10. The van der Waals surface area contributed by atoms with Crippen LogP contribution in [0.4, 0.5) is 5.82 Å². The van der Waals surface area contributed by atoms with Crippen molar-refractivity contribution < 1.29 is 0 Å². The fourth-order valence-electron chi connectivity index (χ4n) is 4.07. The smallest absolute Gasteiger partial charge is 0.236 e. The van der Waals surface area contributed by atoms with Crippen molar-refractivity contribution in [2.45, 2.75) is 33.4 Å². The first-order valence-electron chi connectivity index (χ1n) is 10.2. The number of hydrogen-bond acceptors (Lipinski definition) is 4. The molecule has 0 bridgehead atoms. The van der Waals surface area contributed by atoms with Crippen LogP contribution in [0.5, 0.6) is 0 Å². The van der Waals surface area contributed by atoms with Gasteiger partial charge in [-0.2, -0.15) is 4.98 Å². The molecular weight excluding hydrogens is 358 g/mol. The molecule has 0 radical (unpaired) electrons. The topological polar surface area (TPSA) is 54.8 Å². The van der Waals surface area contributed by atoms with Crippen LogP contribution in [0.1, 0.15) is 28.1 Å². The first-order chi connectivity index (χ1) is 14.2. The van der Waals surface area contributed by atoms with E-state index in [2.05, 4.69) is 77.6 Å². The van der Waals surface area contributed by atoms with E-state index in [0.717, 1.165) is 54.7 Å². The molecule has 4 aromatic rings. The van der Waals surface area contributed by atoms with Crippen molar-refractivity contribution in [2.75, 3.05) is 11.9 Å². The molecule has 1 aliphatic rings. The number of aromatic nitrogens is 3. The van der Waals surface area contributed by atoms with Gasteiger partial charge in [0.2, 0.25) is 5.95 Å². The Morgan fingerprint density at radius 1 is 1.03 bits per heavy atom. The van der Waals surface area contributed by atoms with Gasteiger partial charge in [-0.3, -0.25) is 4.57 Å². The van der Waals surface area contributed by atoms with Crippen molar-refractivity contribution in [3.05, 3.63) is 82.7 Å². The molecule has 0 spiro atoms. The van der Waals surface area contributed by atoms with Gasteiger partial charge in [-0.1, -0.05) is 42.5 Å². The molecule has 5 rings (SSSR count). The lowest BCUT2D eigenvalue weighted by Crippen LogP contribution is -2.27. The van der Waals surface area contributed by atoms with E-state index in [0.29, 0.717) is 0 Å². The monoisotopic (exact) mass is 383 g/mol. The maximum Gasteiger partial charge on any atom is 0.236 e. The minimum absolute atomic E-state index is 0.744. The lowest BCUT2D eigenvalue weighted by atomic mass is 10.1. The molecule has 146 valence electrons. The van der Waals surface area contributed by atoms with Gasteiger partial charge in [0.1, 0.15) is 5.82 Å². The second-order valence-corrected chi connectivity index (χ2v) is 7.75. The Bertz CT molecular complexity index is 1180. The van der Waals surface area contributed by atoms with E-state index in [9.17, 15) is 0 Å². The molecule has 0 saturated carbocycles. The van der Waals surface area contributed by atoms with Gasteiger partial charge in [0.25, 0.3) is 0 Å². The maximum atomic E-state index is 4.98. The van der Waals surface area contributed by atoms with Crippen LogP contribution >= 0.6 is 0 Å². The molecule has 5 nitrogen and oxygen atoms in total. The normalized spacial score (nSPS) is 13.4. The van der Waals surface area contributed by atoms with E-state index < -0.39 is 0 Å². The number of benzene rings is 2. The van der Waals surface area contributed by atoms with Gasteiger partial charge in [-0.25, -0.2) is 4.98 Å². The van der Waals surface area contributed by atoms with Gasteiger partial charge < -0.3 is 10.6 Å². The molecule has 0 fully saturated rings. The zero-order chi connectivity index (χ0) is 19.8. The molecule has 1 aliphatic heterocycles. The van der Waals surface area contributed by atoms with Gasteiger partial charge in [0, 0.05) is 42.7 Å². The Morgan fingerprint density at radius 2 is 1.90 bits per heavy atom. The predicted octanol–water partition coefficient (Wildman–Crippen LogP) is 4.30. The molecule has 2 N–H and O–H groups in total. The molecule has 0 aliphatic carbocycles. The molecular formula is C24H25N5. The summed E-state index contributed by atoms with van der Waals surface area (Å²) < 4.78 is 2.18. The molecule has 0 amide bonds. The van der Waals surface area contributed by atoms with E-state index in [1.165, 1.54) is 22.1 Å². The Balaban J connectivity index is 1.61. The van der Waals surface area contributed by atoms with Crippen LogP contribution in [0.2, 0.25) is 0 Å². The summed E-state index contributed by atoms with van der Waals surface area (Å²) in [5, 5.41) is 8.24. The summed E-state index contributed by atoms with van der Waals surface area (Å²) in [4.78, 5) is 9.97. The largest absolute Gasteiger partial charge is 0.366 e. The molecule has 3 heterocycles.